The molecule has 0 bridgehead atoms. The average molecular weight is 310 g/mol. The van der Waals surface area contributed by atoms with E-state index >= 15 is 0 Å². The summed E-state index contributed by atoms with van der Waals surface area (Å²) in [5, 5.41) is 4.82. The van der Waals surface area contributed by atoms with E-state index in [-0.39, 0.29) is 0 Å². The Morgan fingerprint density at radius 2 is 2.05 bits per heavy atom. The highest BCUT2D eigenvalue weighted by molar-refractivity contribution is 7.11. The van der Waals surface area contributed by atoms with Gasteiger partial charge >= 0.3 is 0 Å². The van der Waals surface area contributed by atoms with Crippen LogP contribution >= 0.6 is 11.3 Å². The van der Waals surface area contributed by atoms with Crippen molar-refractivity contribution >= 4 is 11.3 Å². The molecule has 1 aliphatic carbocycles. The Morgan fingerprint density at radius 1 is 1.29 bits per heavy atom. The van der Waals surface area contributed by atoms with Gasteiger partial charge in [-0.2, -0.15) is 0 Å². The first-order valence-corrected chi connectivity index (χ1v) is 8.67. The van der Waals surface area contributed by atoms with Gasteiger partial charge in [0.1, 0.15) is 5.01 Å². The third-order valence-electron chi connectivity index (χ3n) is 4.19. The van der Waals surface area contributed by atoms with E-state index < -0.39 is 0 Å². The summed E-state index contributed by atoms with van der Waals surface area (Å²) in [5.41, 5.74) is 1.12. The molecule has 2 aliphatic rings. The SMILES string of the molecule is COCc1nc(CN2CCN(C)CC2)sc1CNC1CC1. The van der Waals surface area contributed by atoms with Gasteiger partial charge in [-0.05, 0) is 19.9 Å². The van der Waals surface area contributed by atoms with Crippen molar-refractivity contribution in [3.05, 3.63) is 15.6 Å². The second kappa shape index (κ2) is 7.15. The van der Waals surface area contributed by atoms with Crippen LogP contribution in [0.4, 0.5) is 0 Å². The van der Waals surface area contributed by atoms with Gasteiger partial charge in [0, 0.05) is 50.8 Å². The Kier molecular flexibility index (Phi) is 5.24. The molecule has 6 heteroatoms. The molecule has 1 N–H and O–H groups in total. The number of hydrogen-bond acceptors (Lipinski definition) is 6. The number of thiazole rings is 1. The number of hydrogen-bond donors (Lipinski definition) is 1. The zero-order valence-electron chi connectivity index (χ0n) is 13.1. The zero-order chi connectivity index (χ0) is 14.7. The summed E-state index contributed by atoms with van der Waals surface area (Å²) in [4.78, 5) is 11.1. The summed E-state index contributed by atoms with van der Waals surface area (Å²) in [6, 6.07) is 0.739. The van der Waals surface area contributed by atoms with Crippen molar-refractivity contribution in [2.24, 2.45) is 0 Å². The Labute approximate surface area is 131 Å². The molecule has 118 valence electrons. The maximum Gasteiger partial charge on any atom is 0.107 e. The van der Waals surface area contributed by atoms with Crippen molar-refractivity contribution in [2.75, 3.05) is 40.3 Å². The fourth-order valence-electron chi connectivity index (χ4n) is 2.61. The Balaban J connectivity index is 1.59. The van der Waals surface area contributed by atoms with Crippen LogP contribution in [0.2, 0.25) is 0 Å². The molecule has 0 spiro atoms. The predicted octanol–water partition coefficient (Wildman–Crippen LogP) is 1.29. The number of ether oxygens (including phenoxy) is 1. The Hall–Kier alpha value is -0.530. The first kappa shape index (κ1) is 15.4. The van der Waals surface area contributed by atoms with Gasteiger partial charge in [-0.25, -0.2) is 4.98 Å². The van der Waals surface area contributed by atoms with Gasteiger partial charge in [0.05, 0.1) is 18.8 Å². The van der Waals surface area contributed by atoms with Crippen molar-refractivity contribution in [3.63, 3.8) is 0 Å². The lowest BCUT2D eigenvalue weighted by Gasteiger charge is -2.31. The number of methoxy groups -OCH3 is 1. The highest BCUT2D eigenvalue weighted by atomic mass is 32.1. The molecule has 5 nitrogen and oxygen atoms in total. The van der Waals surface area contributed by atoms with Crippen LogP contribution in [-0.4, -0.2) is 61.2 Å². The minimum Gasteiger partial charge on any atom is -0.378 e. The number of nitrogens with zero attached hydrogens (tertiary/aromatic N) is 3. The van der Waals surface area contributed by atoms with Crippen LogP contribution in [0.3, 0.4) is 0 Å². The predicted molar refractivity (Wildman–Crippen MR) is 85.5 cm³/mol. The van der Waals surface area contributed by atoms with Crippen LogP contribution < -0.4 is 5.32 Å². The molecule has 0 amide bonds. The third-order valence-corrected chi connectivity index (χ3v) is 5.27. The van der Waals surface area contributed by atoms with Crippen LogP contribution in [0, 0.1) is 0 Å². The molecule has 2 heterocycles. The lowest BCUT2D eigenvalue weighted by atomic mass is 10.3. The van der Waals surface area contributed by atoms with Crippen molar-refractivity contribution in [1.29, 1.82) is 0 Å². The minimum atomic E-state index is 0.626. The lowest BCUT2D eigenvalue weighted by molar-refractivity contribution is 0.147. The average Bonchev–Trinajstić information content (AvgIpc) is 3.23. The maximum atomic E-state index is 5.30. The fourth-order valence-corrected chi connectivity index (χ4v) is 3.68. The molecule has 1 aromatic heterocycles. The van der Waals surface area contributed by atoms with Crippen LogP contribution in [0.5, 0.6) is 0 Å². The minimum absolute atomic E-state index is 0.626. The van der Waals surface area contributed by atoms with E-state index in [4.69, 9.17) is 9.72 Å². The topological polar surface area (TPSA) is 40.6 Å². The number of likely N-dealkylation sites (N-methyl/N-ethyl adjacent to an activating group) is 1. The van der Waals surface area contributed by atoms with Gasteiger partial charge in [-0.15, -0.1) is 11.3 Å². The summed E-state index contributed by atoms with van der Waals surface area (Å²) < 4.78 is 5.30. The van der Waals surface area contributed by atoms with E-state index in [1.165, 1.54) is 22.7 Å². The zero-order valence-corrected chi connectivity index (χ0v) is 13.9. The number of aromatic nitrogens is 1. The maximum absolute atomic E-state index is 5.30. The molecule has 0 aromatic carbocycles. The Morgan fingerprint density at radius 3 is 2.71 bits per heavy atom. The van der Waals surface area contributed by atoms with E-state index in [1.807, 2.05) is 11.3 Å². The molecule has 3 rings (SSSR count). The summed E-state index contributed by atoms with van der Waals surface area (Å²) in [6.45, 7) is 7.17. The third kappa shape index (κ3) is 4.47. The molecule has 1 saturated heterocycles. The van der Waals surface area contributed by atoms with Crippen LogP contribution in [0.1, 0.15) is 28.4 Å². The summed E-state index contributed by atoms with van der Waals surface area (Å²) in [6.07, 6.45) is 2.65. The number of piperazine rings is 1. The quantitative estimate of drug-likeness (QED) is 0.822. The van der Waals surface area contributed by atoms with Crippen molar-refractivity contribution in [1.82, 2.24) is 20.1 Å². The van der Waals surface area contributed by atoms with Gasteiger partial charge in [0.15, 0.2) is 0 Å². The summed E-state index contributed by atoms with van der Waals surface area (Å²) >= 11 is 1.85. The van der Waals surface area contributed by atoms with Gasteiger partial charge < -0.3 is 15.0 Å². The van der Waals surface area contributed by atoms with Gasteiger partial charge in [0.2, 0.25) is 0 Å². The molecular weight excluding hydrogens is 284 g/mol. The monoisotopic (exact) mass is 310 g/mol. The Bertz CT molecular complexity index is 453. The van der Waals surface area contributed by atoms with E-state index in [0.29, 0.717) is 6.61 Å². The van der Waals surface area contributed by atoms with Gasteiger partial charge in [0.25, 0.3) is 0 Å². The fraction of sp³-hybridized carbons (Fsp3) is 0.800. The normalized spacial score (nSPS) is 21.0. The highest BCUT2D eigenvalue weighted by Gasteiger charge is 2.22. The van der Waals surface area contributed by atoms with E-state index in [2.05, 4.69) is 22.2 Å². The molecule has 1 aliphatic heterocycles. The first-order valence-electron chi connectivity index (χ1n) is 7.85. The summed E-state index contributed by atoms with van der Waals surface area (Å²) in [7, 11) is 3.94. The lowest BCUT2D eigenvalue weighted by Crippen LogP contribution is -2.43. The van der Waals surface area contributed by atoms with Crippen molar-refractivity contribution in [3.8, 4) is 0 Å². The largest absolute Gasteiger partial charge is 0.378 e. The molecular formula is C15H26N4OS. The second-order valence-corrected chi connectivity index (χ2v) is 7.31. The molecule has 2 fully saturated rings. The van der Waals surface area contributed by atoms with Crippen molar-refractivity contribution < 1.29 is 4.74 Å². The molecule has 1 aromatic rings. The van der Waals surface area contributed by atoms with Crippen LogP contribution in [-0.2, 0) is 24.4 Å². The standard InChI is InChI=1S/C15H26N4OS/c1-18-5-7-19(8-6-18)10-15-17-13(11-20-2)14(21-15)9-16-12-3-4-12/h12,16H,3-11H2,1-2H3. The number of rotatable bonds is 7. The van der Waals surface area contributed by atoms with E-state index in [9.17, 15) is 0 Å². The summed E-state index contributed by atoms with van der Waals surface area (Å²) in [5.74, 6) is 0. The number of nitrogens with one attached hydrogen (secondary N) is 1. The highest BCUT2D eigenvalue weighted by Crippen LogP contribution is 2.24. The van der Waals surface area contributed by atoms with Crippen molar-refractivity contribution in [2.45, 2.75) is 38.6 Å². The van der Waals surface area contributed by atoms with Gasteiger partial charge in [-0.3, -0.25) is 4.90 Å². The van der Waals surface area contributed by atoms with Crippen LogP contribution in [0.15, 0.2) is 0 Å². The molecule has 0 atom stereocenters. The molecule has 21 heavy (non-hydrogen) atoms. The first-order chi connectivity index (χ1) is 10.2. The van der Waals surface area contributed by atoms with Crippen LogP contribution in [0.25, 0.3) is 0 Å². The van der Waals surface area contributed by atoms with E-state index in [0.717, 1.165) is 51.0 Å². The second-order valence-electron chi connectivity index (χ2n) is 6.15. The van der Waals surface area contributed by atoms with Gasteiger partial charge in [-0.1, -0.05) is 0 Å². The molecule has 0 unspecified atom stereocenters. The molecule has 1 saturated carbocycles. The molecule has 0 radical (unpaired) electrons. The van der Waals surface area contributed by atoms with E-state index in [1.54, 1.807) is 7.11 Å². The smallest absolute Gasteiger partial charge is 0.107 e.